The number of carbonyl (C=O) groups is 1. The second kappa shape index (κ2) is 10.2. The molecule has 0 aromatic carbocycles. The lowest BCUT2D eigenvalue weighted by atomic mass is 10.3. The van der Waals surface area contributed by atoms with E-state index in [0.29, 0.717) is 0 Å². The molecule has 1 unspecified atom stereocenters. The standard InChI is InChI=1S/C17H28N4O2S2/c1-12(2)16(25-14(4)19-13(3)22)15-11-24-17(20-15)18-5-6-21-7-9-23-10-8-21/h11,14H,5-10H2,1-4H3,(H,18,20)(H,19,22). The smallest absolute Gasteiger partial charge is 0.217 e. The number of allylic oxidation sites excluding steroid dienone is 1. The predicted molar refractivity (Wildman–Crippen MR) is 107 cm³/mol. The number of nitrogens with one attached hydrogen (secondary N) is 2. The topological polar surface area (TPSA) is 66.5 Å². The van der Waals surface area contributed by atoms with E-state index >= 15 is 0 Å². The highest BCUT2D eigenvalue weighted by Crippen LogP contribution is 2.34. The third-order valence-corrected chi connectivity index (χ3v) is 5.82. The van der Waals surface area contributed by atoms with Crippen molar-refractivity contribution >= 4 is 39.0 Å². The van der Waals surface area contributed by atoms with Gasteiger partial charge in [0.05, 0.1) is 24.3 Å². The molecule has 8 heteroatoms. The fourth-order valence-electron chi connectivity index (χ4n) is 2.53. The molecule has 0 spiro atoms. The fraction of sp³-hybridized carbons (Fsp3) is 0.647. The van der Waals surface area contributed by atoms with E-state index in [9.17, 15) is 4.79 Å². The molecule has 140 valence electrons. The molecule has 0 bridgehead atoms. The van der Waals surface area contributed by atoms with Crippen molar-refractivity contribution < 1.29 is 9.53 Å². The first-order valence-corrected chi connectivity index (χ1v) is 10.3. The van der Waals surface area contributed by atoms with Gasteiger partial charge in [-0.15, -0.1) is 11.3 Å². The number of morpholine rings is 1. The summed E-state index contributed by atoms with van der Waals surface area (Å²) in [5, 5.41) is 9.36. The second-order valence-corrected chi connectivity index (χ2v) is 8.42. The lowest BCUT2D eigenvalue weighted by molar-refractivity contribution is -0.119. The molecule has 1 aromatic rings. The summed E-state index contributed by atoms with van der Waals surface area (Å²) in [5.74, 6) is -0.0168. The highest BCUT2D eigenvalue weighted by atomic mass is 32.2. The summed E-state index contributed by atoms with van der Waals surface area (Å²) in [6.07, 6.45) is 0. The molecule has 25 heavy (non-hydrogen) atoms. The van der Waals surface area contributed by atoms with Crippen molar-refractivity contribution in [2.45, 2.75) is 33.1 Å². The van der Waals surface area contributed by atoms with Crippen LogP contribution in [0, 0.1) is 0 Å². The molecule has 6 nitrogen and oxygen atoms in total. The number of hydrogen-bond donors (Lipinski definition) is 2. The van der Waals surface area contributed by atoms with Crippen molar-refractivity contribution in [2.75, 3.05) is 44.7 Å². The van der Waals surface area contributed by atoms with Crippen LogP contribution in [0.15, 0.2) is 11.0 Å². The summed E-state index contributed by atoms with van der Waals surface area (Å²) in [4.78, 5) is 19.5. The van der Waals surface area contributed by atoms with Crippen molar-refractivity contribution in [3.05, 3.63) is 16.6 Å². The number of hydrogen-bond acceptors (Lipinski definition) is 7. The Morgan fingerprint density at radius 2 is 2.12 bits per heavy atom. The maximum Gasteiger partial charge on any atom is 0.217 e. The van der Waals surface area contributed by atoms with Crippen LogP contribution in [-0.2, 0) is 9.53 Å². The van der Waals surface area contributed by atoms with Crippen molar-refractivity contribution in [1.82, 2.24) is 15.2 Å². The Kier molecular flexibility index (Phi) is 8.21. The number of aromatic nitrogens is 1. The number of carbonyl (C=O) groups excluding carboxylic acids is 1. The van der Waals surface area contributed by atoms with E-state index in [4.69, 9.17) is 9.72 Å². The summed E-state index contributed by atoms with van der Waals surface area (Å²) in [5.41, 5.74) is 2.17. The maximum atomic E-state index is 11.2. The summed E-state index contributed by atoms with van der Waals surface area (Å²) >= 11 is 3.26. The van der Waals surface area contributed by atoms with Crippen molar-refractivity contribution in [1.29, 1.82) is 0 Å². The Labute approximate surface area is 158 Å². The Morgan fingerprint density at radius 1 is 1.40 bits per heavy atom. The summed E-state index contributed by atoms with van der Waals surface area (Å²) in [6.45, 7) is 13.2. The molecule has 1 aliphatic rings. The van der Waals surface area contributed by atoms with E-state index in [1.165, 1.54) is 5.57 Å². The zero-order chi connectivity index (χ0) is 18.2. The summed E-state index contributed by atoms with van der Waals surface area (Å²) < 4.78 is 5.37. The molecule has 1 aromatic heterocycles. The molecular weight excluding hydrogens is 356 g/mol. The van der Waals surface area contributed by atoms with E-state index in [1.807, 2.05) is 6.92 Å². The normalized spacial score (nSPS) is 16.3. The maximum absolute atomic E-state index is 11.2. The van der Waals surface area contributed by atoms with E-state index in [-0.39, 0.29) is 11.3 Å². The number of rotatable bonds is 8. The van der Waals surface area contributed by atoms with E-state index in [2.05, 4.69) is 34.8 Å². The SMILES string of the molecule is CC(=O)NC(C)SC(=C(C)C)c1csc(NCCN2CCOCC2)n1. The van der Waals surface area contributed by atoms with Crippen LogP contribution in [-0.4, -0.2) is 60.6 Å². The zero-order valence-corrected chi connectivity index (χ0v) is 17.1. The number of amides is 1. The minimum Gasteiger partial charge on any atom is -0.379 e. The van der Waals surface area contributed by atoms with Crippen LogP contribution in [0.25, 0.3) is 4.91 Å². The first-order valence-electron chi connectivity index (χ1n) is 8.57. The molecule has 2 N–H and O–H groups in total. The molecule has 1 atom stereocenters. The van der Waals surface area contributed by atoms with Gasteiger partial charge in [-0.25, -0.2) is 4.98 Å². The van der Waals surface area contributed by atoms with Crippen molar-refractivity contribution in [3.8, 4) is 0 Å². The lowest BCUT2D eigenvalue weighted by Crippen LogP contribution is -2.38. The highest BCUT2D eigenvalue weighted by molar-refractivity contribution is 8.08. The minimum atomic E-state index is -0.0168. The number of anilines is 1. The van der Waals surface area contributed by atoms with Crippen molar-refractivity contribution in [2.24, 2.45) is 0 Å². The molecule has 0 saturated carbocycles. The number of thiazole rings is 1. The molecule has 2 heterocycles. The monoisotopic (exact) mass is 384 g/mol. The summed E-state index contributed by atoms with van der Waals surface area (Å²) in [7, 11) is 0. The van der Waals surface area contributed by atoms with E-state index < -0.39 is 0 Å². The van der Waals surface area contributed by atoms with Gasteiger partial charge in [-0.2, -0.15) is 0 Å². The number of nitrogens with zero attached hydrogens (tertiary/aromatic N) is 2. The summed E-state index contributed by atoms with van der Waals surface area (Å²) in [6, 6.07) is 0. The molecular formula is C17H28N4O2S2. The van der Waals surface area contributed by atoms with Gasteiger partial charge < -0.3 is 15.4 Å². The average Bonchev–Trinajstić information content (AvgIpc) is 3.01. The van der Waals surface area contributed by atoms with Gasteiger partial charge in [0.2, 0.25) is 5.91 Å². The Balaban J connectivity index is 1.88. The quantitative estimate of drug-likeness (QED) is 0.672. The van der Waals surface area contributed by atoms with Crippen molar-refractivity contribution in [3.63, 3.8) is 0 Å². The van der Waals surface area contributed by atoms with Gasteiger partial charge in [0.15, 0.2) is 5.13 Å². The van der Waals surface area contributed by atoms with Gasteiger partial charge in [0.25, 0.3) is 0 Å². The van der Waals surface area contributed by atoms with Gasteiger partial charge >= 0.3 is 0 Å². The minimum absolute atomic E-state index is 0.0156. The average molecular weight is 385 g/mol. The molecule has 0 aliphatic carbocycles. The molecule has 1 aliphatic heterocycles. The number of ether oxygens (including phenoxy) is 1. The van der Waals surface area contributed by atoms with Gasteiger partial charge in [-0.1, -0.05) is 17.3 Å². The zero-order valence-electron chi connectivity index (χ0n) is 15.4. The fourth-order valence-corrected chi connectivity index (χ4v) is 4.38. The molecule has 1 saturated heterocycles. The lowest BCUT2D eigenvalue weighted by Gasteiger charge is -2.26. The Hall–Kier alpha value is -1.09. The highest BCUT2D eigenvalue weighted by Gasteiger charge is 2.15. The molecule has 0 radical (unpaired) electrons. The van der Waals surface area contributed by atoms with Crippen LogP contribution in [0.4, 0.5) is 5.13 Å². The van der Waals surface area contributed by atoms with Gasteiger partial charge in [-0.05, 0) is 20.8 Å². The molecule has 1 amide bonds. The Bertz CT molecular complexity index is 593. The van der Waals surface area contributed by atoms with Crippen LogP contribution >= 0.6 is 23.1 Å². The van der Waals surface area contributed by atoms with Gasteiger partial charge in [0.1, 0.15) is 0 Å². The van der Waals surface area contributed by atoms with Crippen LogP contribution in [0.2, 0.25) is 0 Å². The Morgan fingerprint density at radius 3 is 2.76 bits per heavy atom. The van der Waals surface area contributed by atoms with E-state index in [0.717, 1.165) is 55.1 Å². The molecule has 1 fully saturated rings. The van der Waals surface area contributed by atoms with Crippen LogP contribution < -0.4 is 10.6 Å². The second-order valence-electron chi connectivity index (χ2n) is 6.21. The van der Waals surface area contributed by atoms with Crippen LogP contribution in [0.3, 0.4) is 0 Å². The van der Waals surface area contributed by atoms with Crippen LogP contribution in [0.5, 0.6) is 0 Å². The first-order chi connectivity index (χ1) is 12.0. The molecule has 2 rings (SSSR count). The van der Waals surface area contributed by atoms with Gasteiger partial charge in [0, 0.05) is 43.4 Å². The van der Waals surface area contributed by atoms with E-state index in [1.54, 1.807) is 30.0 Å². The largest absolute Gasteiger partial charge is 0.379 e. The first kappa shape index (κ1) is 20.2. The van der Waals surface area contributed by atoms with Gasteiger partial charge in [-0.3, -0.25) is 9.69 Å². The van der Waals surface area contributed by atoms with Crippen LogP contribution in [0.1, 0.15) is 33.4 Å². The number of thioether (sulfide) groups is 1. The third-order valence-electron chi connectivity index (χ3n) is 3.70. The predicted octanol–water partition coefficient (Wildman–Crippen LogP) is 2.85. The third kappa shape index (κ3) is 6.97.